The monoisotopic (exact) mass is 453 g/mol. The van der Waals surface area contributed by atoms with Crippen molar-refractivity contribution in [3.63, 3.8) is 0 Å². The number of ether oxygens (including phenoxy) is 2. The van der Waals surface area contributed by atoms with Gasteiger partial charge in [0.25, 0.3) is 0 Å². The number of halogens is 1. The smallest absolute Gasteiger partial charge is 0.189 e. The van der Waals surface area contributed by atoms with Gasteiger partial charge in [-0.15, -0.1) is 0 Å². The van der Waals surface area contributed by atoms with Crippen LogP contribution < -0.4 is 19.6 Å². The van der Waals surface area contributed by atoms with Gasteiger partial charge in [0.1, 0.15) is 5.82 Å². The molecular weight excluding hydrogens is 421 g/mol. The molecule has 33 heavy (non-hydrogen) atoms. The van der Waals surface area contributed by atoms with E-state index in [4.69, 9.17) is 14.5 Å². The van der Waals surface area contributed by atoms with Gasteiger partial charge in [-0.25, -0.2) is 9.37 Å². The third kappa shape index (κ3) is 4.77. The average Bonchev–Trinajstić information content (AvgIpc) is 2.90. The number of aromatic nitrogens is 1. The van der Waals surface area contributed by atoms with E-state index in [1.54, 1.807) is 0 Å². The maximum Gasteiger partial charge on any atom is 0.189 e. The molecule has 0 radical (unpaired) electrons. The lowest BCUT2D eigenvalue weighted by molar-refractivity contribution is 0.121. The van der Waals surface area contributed by atoms with Crippen LogP contribution in [-0.2, 0) is 9.47 Å². The molecule has 2 aromatic rings. The number of rotatable bonds is 5. The normalized spacial score (nSPS) is 19.7. The van der Waals surface area contributed by atoms with Crippen molar-refractivity contribution in [2.75, 3.05) is 98.4 Å². The van der Waals surface area contributed by atoms with Crippen LogP contribution in [0.5, 0.6) is 0 Å². The fraction of sp³-hybridized carbons (Fsp3) is 0.480. The van der Waals surface area contributed by atoms with Crippen molar-refractivity contribution in [1.82, 2.24) is 4.98 Å². The number of anilines is 4. The number of morpholine rings is 2. The first kappa shape index (κ1) is 22.0. The Morgan fingerprint density at radius 3 is 1.94 bits per heavy atom. The molecule has 0 amide bonds. The van der Waals surface area contributed by atoms with Gasteiger partial charge >= 0.3 is 0 Å². The Hall–Kier alpha value is -2.84. The molecule has 4 heterocycles. The lowest BCUT2D eigenvalue weighted by Gasteiger charge is -2.38. The fourth-order valence-corrected chi connectivity index (χ4v) is 4.69. The van der Waals surface area contributed by atoms with Gasteiger partial charge in [-0.1, -0.05) is 24.8 Å². The topological polar surface area (TPSA) is 44.3 Å². The number of nitrogens with zero attached hydrogens (tertiary/aromatic N) is 5. The first-order valence-electron chi connectivity index (χ1n) is 11.8. The zero-order valence-corrected chi connectivity index (χ0v) is 19.1. The Kier molecular flexibility index (Phi) is 6.64. The molecule has 8 heteroatoms. The molecule has 7 nitrogen and oxygen atoms in total. The minimum atomic E-state index is -0.233. The minimum Gasteiger partial charge on any atom is -0.378 e. The molecule has 3 saturated heterocycles. The van der Waals surface area contributed by atoms with Crippen LogP contribution in [0.4, 0.5) is 27.4 Å². The van der Waals surface area contributed by atoms with Crippen LogP contribution in [0.3, 0.4) is 0 Å². The van der Waals surface area contributed by atoms with Crippen LogP contribution in [0.1, 0.15) is 5.56 Å². The van der Waals surface area contributed by atoms with Crippen molar-refractivity contribution in [3.8, 4) is 0 Å². The summed E-state index contributed by atoms with van der Waals surface area (Å²) in [6.45, 7) is 12.4. The van der Waals surface area contributed by atoms with Crippen molar-refractivity contribution in [2.24, 2.45) is 0 Å². The molecule has 1 aromatic carbocycles. The van der Waals surface area contributed by atoms with E-state index in [0.29, 0.717) is 64.1 Å². The third-order valence-corrected chi connectivity index (χ3v) is 6.67. The standard InChI is InChI=1S/C25H32FN5O2/c1-2-20-3-5-21(6-4-20)28-7-9-30(10-8-28)23-19-22(29-11-15-32-16-12-29)24(26)25(27-23)31-13-17-33-18-14-31/h2-6,19H,1,7-18H2. The van der Waals surface area contributed by atoms with Gasteiger partial charge < -0.3 is 29.1 Å². The minimum absolute atomic E-state index is 0.233. The predicted molar refractivity (Wildman–Crippen MR) is 131 cm³/mol. The van der Waals surface area contributed by atoms with Crippen LogP contribution in [0.15, 0.2) is 36.9 Å². The molecule has 3 fully saturated rings. The highest BCUT2D eigenvalue weighted by Gasteiger charge is 2.27. The summed E-state index contributed by atoms with van der Waals surface area (Å²) in [5.41, 5.74) is 2.97. The summed E-state index contributed by atoms with van der Waals surface area (Å²) < 4.78 is 26.6. The van der Waals surface area contributed by atoms with E-state index in [1.807, 2.05) is 17.0 Å². The number of hydrogen-bond acceptors (Lipinski definition) is 7. The molecule has 0 saturated carbocycles. The first-order valence-corrected chi connectivity index (χ1v) is 11.8. The Labute approximate surface area is 195 Å². The Morgan fingerprint density at radius 1 is 0.758 bits per heavy atom. The van der Waals surface area contributed by atoms with Crippen molar-refractivity contribution in [2.45, 2.75) is 0 Å². The van der Waals surface area contributed by atoms with E-state index in [9.17, 15) is 0 Å². The highest BCUT2D eigenvalue weighted by Crippen LogP contribution is 2.33. The fourth-order valence-electron chi connectivity index (χ4n) is 4.69. The van der Waals surface area contributed by atoms with Gasteiger partial charge in [-0.3, -0.25) is 0 Å². The zero-order valence-electron chi connectivity index (χ0n) is 19.1. The number of benzene rings is 1. The maximum atomic E-state index is 15.7. The van der Waals surface area contributed by atoms with Crippen LogP contribution >= 0.6 is 0 Å². The third-order valence-electron chi connectivity index (χ3n) is 6.67. The summed E-state index contributed by atoms with van der Waals surface area (Å²) in [5, 5.41) is 0. The van der Waals surface area contributed by atoms with E-state index >= 15 is 4.39 Å². The second kappa shape index (κ2) is 9.97. The van der Waals surface area contributed by atoms with Crippen LogP contribution in [-0.4, -0.2) is 83.8 Å². The molecular formula is C25H32FN5O2. The molecule has 5 rings (SSSR count). The molecule has 0 spiro atoms. The second-order valence-corrected chi connectivity index (χ2v) is 8.61. The van der Waals surface area contributed by atoms with Gasteiger partial charge in [-0.05, 0) is 17.7 Å². The molecule has 0 atom stereocenters. The first-order chi connectivity index (χ1) is 16.2. The summed E-state index contributed by atoms with van der Waals surface area (Å²) in [6, 6.07) is 10.4. The van der Waals surface area contributed by atoms with Crippen molar-refractivity contribution in [1.29, 1.82) is 0 Å². The molecule has 3 aliphatic heterocycles. The Balaban J connectivity index is 1.38. The Morgan fingerprint density at radius 2 is 1.33 bits per heavy atom. The van der Waals surface area contributed by atoms with E-state index in [0.717, 1.165) is 37.6 Å². The van der Waals surface area contributed by atoms with E-state index < -0.39 is 0 Å². The summed E-state index contributed by atoms with van der Waals surface area (Å²) in [6.07, 6.45) is 1.86. The van der Waals surface area contributed by atoms with Gasteiger partial charge in [0.05, 0.1) is 32.1 Å². The molecule has 1 aromatic heterocycles. The molecule has 0 N–H and O–H groups in total. The highest BCUT2D eigenvalue weighted by molar-refractivity contribution is 5.65. The molecule has 176 valence electrons. The molecule has 0 unspecified atom stereocenters. The van der Waals surface area contributed by atoms with E-state index in [-0.39, 0.29) is 5.82 Å². The number of piperazine rings is 1. The summed E-state index contributed by atoms with van der Waals surface area (Å²) >= 11 is 0. The molecule has 0 aliphatic carbocycles. The molecule has 3 aliphatic rings. The SMILES string of the molecule is C=Cc1ccc(N2CCN(c3cc(N4CCOCC4)c(F)c(N4CCOCC4)n3)CC2)cc1. The van der Waals surface area contributed by atoms with Crippen molar-refractivity contribution < 1.29 is 13.9 Å². The number of pyridine rings is 1. The van der Waals surface area contributed by atoms with E-state index in [1.165, 1.54) is 5.69 Å². The van der Waals surface area contributed by atoms with E-state index in [2.05, 4.69) is 45.5 Å². The van der Waals surface area contributed by atoms with Gasteiger partial charge in [-0.2, -0.15) is 0 Å². The summed E-state index contributed by atoms with van der Waals surface area (Å²) in [5.74, 6) is 1.06. The predicted octanol–water partition coefficient (Wildman–Crippen LogP) is 2.86. The largest absolute Gasteiger partial charge is 0.378 e. The lowest BCUT2D eigenvalue weighted by atomic mass is 10.1. The Bertz CT molecular complexity index is 911. The summed E-state index contributed by atoms with van der Waals surface area (Å²) in [7, 11) is 0. The van der Waals surface area contributed by atoms with Crippen molar-refractivity contribution >= 4 is 29.1 Å². The van der Waals surface area contributed by atoms with Gasteiger partial charge in [0.2, 0.25) is 0 Å². The lowest BCUT2D eigenvalue weighted by Crippen LogP contribution is -2.47. The van der Waals surface area contributed by atoms with Crippen LogP contribution in [0, 0.1) is 5.82 Å². The highest BCUT2D eigenvalue weighted by atomic mass is 19.1. The van der Waals surface area contributed by atoms with Crippen LogP contribution in [0.2, 0.25) is 0 Å². The van der Waals surface area contributed by atoms with Crippen LogP contribution in [0.25, 0.3) is 6.08 Å². The second-order valence-electron chi connectivity index (χ2n) is 8.61. The zero-order chi connectivity index (χ0) is 22.6. The average molecular weight is 454 g/mol. The maximum absolute atomic E-state index is 15.7. The summed E-state index contributed by atoms with van der Waals surface area (Å²) in [4.78, 5) is 13.6. The van der Waals surface area contributed by atoms with Gasteiger partial charge in [0.15, 0.2) is 11.6 Å². The quantitative estimate of drug-likeness (QED) is 0.690. The van der Waals surface area contributed by atoms with Crippen molar-refractivity contribution in [3.05, 3.63) is 48.3 Å². The molecule has 0 bridgehead atoms. The number of hydrogen-bond donors (Lipinski definition) is 0. The van der Waals surface area contributed by atoms with Gasteiger partial charge in [0, 0.05) is 64.1 Å².